The van der Waals surface area contributed by atoms with Crippen molar-refractivity contribution in [2.24, 2.45) is 5.92 Å². The van der Waals surface area contributed by atoms with Crippen molar-refractivity contribution in [1.82, 2.24) is 10.6 Å². The molecule has 1 saturated heterocycles. The first-order valence-electron chi connectivity index (χ1n) is 6.35. The van der Waals surface area contributed by atoms with Crippen molar-refractivity contribution >= 4 is 5.91 Å². The predicted octanol–water partition coefficient (Wildman–Crippen LogP) is 1.86. The van der Waals surface area contributed by atoms with Gasteiger partial charge >= 0.3 is 0 Å². The van der Waals surface area contributed by atoms with Crippen LogP contribution in [0.3, 0.4) is 0 Å². The van der Waals surface area contributed by atoms with Crippen molar-refractivity contribution < 1.29 is 9.18 Å². The fraction of sp³-hybridized carbons (Fsp3) is 0.500. The fourth-order valence-electron chi connectivity index (χ4n) is 2.24. The highest BCUT2D eigenvalue weighted by molar-refractivity contribution is 5.94. The minimum atomic E-state index is -0.463. The number of piperidine rings is 1. The number of halogens is 1. The van der Waals surface area contributed by atoms with Gasteiger partial charge in [-0.3, -0.25) is 4.79 Å². The van der Waals surface area contributed by atoms with Crippen LogP contribution in [0.25, 0.3) is 0 Å². The molecule has 1 heterocycles. The molecule has 2 atom stereocenters. The van der Waals surface area contributed by atoms with Gasteiger partial charge in [-0.05, 0) is 37.9 Å². The molecule has 1 fully saturated rings. The Kier molecular flexibility index (Phi) is 3.97. The Morgan fingerprint density at radius 1 is 1.50 bits per heavy atom. The second-order valence-corrected chi connectivity index (χ2v) is 5.03. The van der Waals surface area contributed by atoms with E-state index in [1.165, 1.54) is 6.07 Å². The van der Waals surface area contributed by atoms with Gasteiger partial charge in [-0.25, -0.2) is 4.39 Å². The molecule has 3 nitrogen and oxygen atoms in total. The fourth-order valence-corrected chi connectivity index (χ4v) is 2.24. The molecule has 0 aromatic heterocycles. The molecule has 1 amide bonds. The van der Waals surface area contributed by atoms with E-state index < -0.39 is 5.82 Å². The number of aryl methyl sites for hydroxylation is 1. The lowest BCUT2D eigenvalue weighted by molar-refractivity contribution is 0.0911. The van der Waals surface area contributed by atoms with E-state index in [0.29, 0.717) is 5.92 Å². The molecule has 1 aliphatic rings. The van der Waals surface area contributed by atoms with Crippen molar-refractivity contribution in [3.05, 3.63) is 35.1 Å². The summed E-state index contributed by atoms with van der Waals surface area (Å²) in [6.07, 6.45) is 1.03. The topological polar surface area (TPSA) is 41.1 Å². The van der Waals surface area contributed by atoms with Gasteiger partial charge in [-0.15, -0.1) is 0 Å². The lowest BCUT2D eigenvalue weighted by atomic mass is 9.94. The third-order valence-corrected chi connectivity index (χ3v) is 3.51. The van der Waals surface area contributed by atoms with Crippen LogP contribution in [-0.4, -0.2) is 25.0 Å². The van der Waals surface area contributed by atoms with Crippen LogP contribution in [0, 0.1) is 18.7 Å². The number of hydrogen-bond acceptors (Lipinski definition) is 2. The molecule has 0 bridgehead atoms. The Morgan fingerprint density at radius 3 is 3.00 bits per heavy atom. The minimum Gasteiger partial charge on any atom is -0.348 e. The van der Waals surface area contributed by atoms with Gasteiger partial charge in [0.1, 0.15) is 5.82 Å². The van der Waals surface area contributed by atoms with Gasteiger partial charge in [0.25, 0.3) is 5.91 Å². The van der Waals surface area contributed by atoms with Gasteiger partial charge in [0.15, 0.2) is 0 Å². The number of benzene rings is 1. The van der Waals surface area contributed by atoms with Crippen molar-refractivity contribution in [2.75, 3.05) is 13.1 Å². The van der Waals surface area contributed by atoms with Crippen LogP contribution in [0.1, 0.15) is 29.3 Å². The lowest BCUT2D eigenvalue weighted by Gasteiger charge is -2.30. The molecule has 1 aliphatic heterocycles. The third-order valence-electron chi connectivity index (χ3n) is 3.51. The van der Waals surface area contributed by atoms with Gasteiger partial charge in [-0.1, -0.05) is 18.6 Å². The van der Waals surface area contributed by atoms with E-state index in [2.05, 4.69) is 17.6 Å². The summed E-state index contributed by atoms with van der Waals surface area (Å²) < 4.78 is 13.6. The smallest absolute Gasteiger partial charge is 0.254 e. The highest BCUT2D eigenvalue weighted by Gasteiger charge is 2.24. The van der Waals surface area contributed by atoms with E-state index in [-0.39, 0.29) is 17.5 Å². The van der Waals surface area contributed by atoms with Crippen molar-refractivity contribution in [1.29, 1.82) is 0 Å². The highest BCUT2D eigenvalue weighted by atomic mass is 19.1. The van der Waals surface area contributed by atoms with Crippen LogP contribution in [0.5, 0.6) is 0 Å². The minimum absolute atomic E-state index is 0.0752. The Morgan fingerprint density at radius 2 is 2.28 bits per heavy atom. The monoisotopic (exact) mass is 250 g/mol. The molecule has 18 heavy (non-hydrogen) atoms. The summed E-state index contributed by atoms with van der Waals surface area (Å²) in [4.78, 5) is 12.1. The summed E-state index contributed by atoms with van der Waals surface area (Å²) in [6.45, 7) is 5.69. The van der Waals surface area contributed by atoms with Gasteiger partial charge in [0.05, 0.1) is 5.56 Å². The Bertz CT molecular complexity index is 447. The Balaban J connectivity index is 2.09. The van der Waals surface area contributed by atoms with Gasteiger partial charge in [0, 0.05) is 12.6 Å². The van der Waals surface area contributed by atoms with Crippen LogP contribution in [-0.2, 0) is 0 Å². The standard InChI is InChI=1S/C14H19FN2O/c1-9-3-4-12(15)11(7-9)14(18)17-13-8-16-6-5-10(13)2/h3-4,7,10,13,16H,5-6,8H2,1-2H3,(H,17,18)/t10-,13+/m0/s1. The zero-order chi connectivity index (χ0) is 13.1. The summed E-state index contributed by atoms with van der Waals surface area (Å²) in [5.74, 6) is -0.366. The first kappa shape index (κ1) is 13.0. The van der Waals surface area contributed by atoms with E-state index in [1.54, 1.807) is 12.1 Å². The Labute approximate surface area is 107 Å². The molecular formula is C14H19FN2O. The van der Waals surface area contributed by atoms with E-state index in [4.69, 9.17) is 0 Å². The molecule has 1 aromatic rings. The molecule has 2 N–H and O–H groups in total. The molecule has 0 aliphatic carbocycles. The van der Waals surface area contributed by atoms with E-state index in [0.717, 1.165) is 25.1 Å². The maximum absolute atomic E-state index is 13.6. The molecule has 1 aromatic carbocycles. The first-order chi connectivity index (χ1) is 8.58. The summed E-state index contributed by atoms with van der Waals surface area (Å²) in [7, 11) is 0. The van der Waals surface area contributed by atoms with Crippen LogP contribution in [0.4, 0.5) is 4.39 Å². The molecule has 0 spiro atoms. The quantitative estimate of drug-likeness (QED) is 0.841. The van der Waals surface area contributed by atoms with Gasteiger partial charge in [-0.2, -0.15) is 0 Å². The van der Waals surface area contributed by atoms with Crippen LogP contribution in [0.15, 0.2) is 18.2 Å². The molecule has 4 heteroatoms. The Hall–Kier alpha value is -1.42. The lowest BCUT2D eigenvalue weighted by Crippen LogP contribution is -2.50. The summed E-state index contributed by atoms with van der Waals surface area (Å²) >= 11 is 0. The average Bonchev–Trinajstić information content (AvgIpc) is 2.35. The van der Waals surface area contributed by atoms with E-state index >= 15 is 0 Å². The first-order valence-corrected chi connectivity index (χ1v) is 6.35. The normalized spacial score (nSPS) is 23.7. The summed E-state index contributed by atoms with van der Waals surface area (Å²) in [6, 6.07) is 4.67. The van der Waals surface area contributed by atoms with Crippen LogP contribution >= 0.6 is 0 Å². The largest absolute Gasteiger partial charge is 0.348 e. The van der Waals surface area contributed by atoms with E-state index in [9.17, 15) is 9.18 Å². The predicted molar refractivity (Wildman–Crippen MR) is 69.0 cm³/mol. The SMILES string of the molecule is Cc1ccc(F)c(C(=O)N[C@@H]2CNCC[C@@H]2C)c1. The molecular weight excluding hydrogens is 231 g/mol. The number of hydrogen-bond donors (Lipinski definition) is 2. The van der Waals surface area contributed by atoms with Crippen molar-refractivity contribution in [3.63, 3.8) is 0 Å². The molecule has 0 unspecified atom stereocenters. The molecule has 98 valence electrons. The number of carbonyl (C=O) groups is 1. The summed E-state index contributed by atoms with van der Waals surface area (Å²) in [5, 5.41) is 6.15. The number of carbonyl (C=O) groups excluding carboxylic acids is 1. The second kappa shape index (κ2) is 5.48. The summed E-state index contributed by atoms with van der Waals surface area (Å²) in [5.41, 5.74) is 1.02. The maximum Gasteiger partial charge on any atom is 0.254 e. The number of amides is 1. The van der Waals surface area contributed by atoms with Crippen molar-refractivity contribution in [2.45, 2.75) is 26.3 Å². The van der Waals surface area contributed by atoms with Crippen LogP contribution < -0.4 is 10.6 Å². The van der Waals surface area contributed by atoms with Gasteiger partial charge in [0.2, 0.25) is 0 Å². The average molecular weight is 250 g/mol. The zero-order valence-corrected chi connectivity index (χ0v) is 10.8. The second-order valence-electron chi connectivity index (χ2n) is 5.03. The molecule has 2 rings (SSSR count). The van der Waals surface area contributed by atoms with Crippen LogP contribution in [0.2, 0.25) is 0 Å². The highest BCUT2D eigenvalue weighted by Crippen LogP contribution is 2.14. The van der Waals surface area contributed by atoms with Crippen molar-refractivity contribution in [3.8, 4) is 0 Å². The van der Waals surface area contributed by atoms with Gasteiger partial charge < -0.3 is 10.6 Å². The molecule has 0 saturated carbocycles. The number of rotatable bonds is 2. The zero-order valence-electron chi connectivity index (χ0n) is 10.8. The molecule has 0 radical (unpaired) electrons. The number of nitrogens with one attached hydrogen (secondary N) is 2. The van der Waals surface area contributed by atoms with E-state index in [1.807, 2.05) is 6.92 Å². The third kappa shape index (κ3) is 2.88. The maximum atomic E-state index is 13.6.